The summed E-state index contributed by atoms with van der Waals surface area (Å²) in [5.41, 5.74) is 2.30. The lowest BCUT2D eigenvalue weighted by Crippen LogP contribution is -2.45. The highest BCUT2D eigenvalue weighted by atomic mass is 16.7. The molecule has 1 fully saturated rings. The minimum absolute atomic E-state index is 0.0806. The van der Waals surface area contributed by atoms with E-state index >= 15 is 0 Å². The summed E-state index contributed by atoms with van der Waals surface area (Å²) in [5, 5.41) is 8.92. The van der Waals surface area contributed by atoms with Crippen LogP contribution in [-0.2, 0) is 9.63 Å². The number of hydrogen-bond acceptors (Lipinski definition) is 3. The molecule has 4 nitrogen and oxygen atoms in total. The van der Waals surface area contributed by atoms with Crippen molar-refractivity contribution in [3.63, 3.8) is 0 Å². The number of rotatable bonds is 4. The van der Waals surface area contributed by atoms with Crippen LogP contribution >= 0.6 is 0 Å². The van der Waals surface area contributed by atoms with Crippen molar-refractivity contribution in [3.8, 4) is 0 Å². The fourth-order valence-corrected chi connectivity index (χ4v) is 2.70. The lowest BCUT2D eigenvalue weighted by atomic mass is 9.68. The van der Waals surface area contributed by atoms with Crippen molar-refractivity contribution in [2.75, 3.05) is 7.05 Å². The lowest BCUT2D eigenvalue weighted by molar-refractivity contribution is -0.165. The Kier molecular flexibility index (Phi) is 3.73. The molecule has 0 bridgehead atoms. The summed E-state index contributed by atoms with van der Waals surface area (Å²) in [6.45, 7) is 4.34. The van der Waals surface area contributed by atoms with Crippen molar-refractivity contribution in [2.24, 2.45) is 5.41 Å². The SMILES string of the molecule is CNOC1(CC(=O)O)CCCC(C)(C)C1. The third-order valence-corrected chi connectivity index (χ3v) is 3.08. The maximum atomic E-state index is 10.9. The van der Waals surface area contributed by atoms with Gasteiger partial charge in [0.2, 0.25) is 0 Å². The maximum Gasteiger partial charge on any atom is 0.306 e. The molecule has 1 aliphatic carbocycles. The zero-order chi connectivity index (χ0) is 11.5. The quantitative estimate of drug-likeness (QED) is 0.704. The van der Waals surface area contributed by atoms with Gasteiger partial charge >= 0.3 is 5.97 Å². The van der Waals surface area contributed by atoms with Gasteiger partial charge in [-0.15, -0.1) is 0 Å². The van der Waals surface area contributed by atoms with Crippen molar-refractivity contribution < 1.29 is 14.7 Å². The van der Waals surface area contributed by atoms with Crippen LogP contribution in [0.3, 0.4) is 0 Å². The van der Waals surface area contributed by atoms with Gasteiger partial charge in [0.15, 0.2) is 0 Å². The van der Waals surface area contributed by atoms with Crippen LogP contribution in [0.25, 0.3) is 0 Å². The van der Waals surface area contributed by atoms with Crippen molar-refractivity contribution in [1.82, 2.24) is 5.48 Å². The molecule has 0 saturated heterocycles. The first-order valence-electron chi connectivity index (χ1n) is 5.46. The predicted octanol–water partition coefficient (Wildman–Crippen LogP) is 1.95. The topological polar surface area (TPSA) is 58.6 Å². The summed E-state index contributed by atoms with van der Waals surface area (Å²) >= 11 is 0. The van der Waals surface area contributed by atoms with Gasteiger partial charge in [0.1, 0.15) is 5.60 Å². The number of carboxylic acids is 1. The number of nitrogens with one attached hydrogen (secondary N) is 1. The molecule has 0 aliphatic heterocycles. The first kappa shape index (κ1) is 12.5. The van der Waals surface area contributed by atoms with Crippen LogP contribution < -0.4 is 5.48 Å². The summed E-state index contributed by atoms with van der Waals surface area (Å²) in [7, 11) is 1.69. The van der Waals surface area contributed by atoms with Gasteiger partial charge in [-0.3, -0.25) is 9.63 Å². The molecule has 1 unspecified atom stereocenters. The first-order chi connectivity index (χ1) is 6.89. The molecule has 0 spiro atoms. The molecule has 0 amide bonds. The maximum absolute atomic E-state index is 10.9. The Balaban J connectivity index is 2.75. The Morgan fingerprint density at radius 3 is 2.60 bits per heavy atom. The average Bonchev–Trinajstić information content (AvgIpc) is 1.99. The molecule has 1 aliphatic rings. The number of carbonyl (C=O) groups is 1. The van der Waals surface area contributed by atoms with E-state index in [0.29, 0.717) is 0 Å². The normalized spacial score (nSPS) is 30.1. The molecule has 15 heavy (non-hydrogen) atoms. The van der Waals surface area contributed by atoms with Gasteiger partial charge < -0.3 is 5.11 Å². The van der Waals surface area contributed by atoms with Crippen molar-refractivity contribution >= 4 is 5.97 Å². The van der Waals surface area contributed by atoms with Crippen LogP contribution in [-0.4, -0.2) is 23.7 Å². The Morgan fingerprint density at radius 2 is 2.13 bits per heavy atom. The fraction of sp³-hybridized carbons (Fsp3) is 0.909. The minimum atomic E-state index is -0.789. The minimum Gasteiger partial charge on any atom is -0.481 e. The van der Waals surface area contributed by atoms with Gasteiger partial charge in [-0.05, 0) is 31.1 Å². The number of carboxylic acid groups (broad SMARTS) is 1. The van der Waals surface area contributed by atoms with Gasteiger partial charge in [-0.2, -0.15) is 0 Å². The number of hydrogen-bond donors (Lipinski definition) is 2. The zero-order valence-corrected chi connectivity index (χ0v) is 9.80. The highest BCUT2D eigenvalue weighted by molar-refractivity contribution is 5.68. The van der Waals surface area contributed by atoms with E-state index in [2.05, 4.69) is 19.3 Å². The lowest BCUT2D eigenvalue weighted by Gasteiger charge is -2.43. The van der Waals surface area contributed by atoms with Crippen LogP contribution in [0.1, 0.15) is 46.0 Å². The molecular weight excluding hydrogens is 194 g/mol. The van der Waals surface area contributed by atoms with Crippen LogP contribution in [0.15, 0.2) is 0 Å². The van der Waals surface area contributed by atoms with E-state index in [1.165, 1.54) is 0 Å². The summed E-state index contributed by atoms with van der Waals surface area (Å²) in [4.78, 5) is 16.3. The Morgan fingerprint density at radius 1 is 1.47 bits per heavy atom. The number of hydroxylamine groups is 1. The Bertz CT molecular complexity index is 236. The zero-order valence-electron chi connectivity index (χ0n) is 9.80. The fourth-order valence-electron chi connectivity index (χ4n) is 2.70. The molecule has 0 aromatic rings. The second kappa shape index (κ2) is 4.49. The third kappa shape index (κ3) is 3.47. The van der Waals surface area contributed by atoms with Crippen LogP contribution in [0.2, 0.25) is 0 Å². The predicted molar refractivity (Wildman–Crippen MR) is 57.4 cm³/mol. The van der Waals surface area contributed by atoms with E-state index in [0.717, 1.165) is 25.7 Å². The molecule has 0 heterocycles. The van der Waals surface area contributed by atoms with E-state index in [1.807, 2.05) is 0 Å². The van der Waals surface area contributed by atoms with Crippen molar-refractivity contribution in [1.29, 1.82) is 0 Å². The first-order valence-corrected chi connectivity index (χ1v) is 5.46. The monoisotopic (exact) mass is 215 g/mol. The van der Waals surface area contributed by atoms with Crippen LogP contribution in [0.4, 0.5) is 0 Å². The van der Waals surface area contributed by atoms with E-state index in [-0.39, 0.29) is 11.8 Å². The highest BCUT2D eigenvalue weighted by Crippen LogP contribution is 2.44. The summed E-state index contributed by atoms with van der Waals surface area (Å²) < 4.78 is 0. The molecule has 2 N–H and O–H groups in total. The van der Waals surface area contributed by atoms with Gasteiger partial charge in [0.25, 0.3) is 0 Å². The molecule has 1 atom stereocenters. The largest absolute Gasteiger partial charge is 0.481 e. The summed E-state index contributed by atoms with van der Waals surface area (Å²) in [6.07, 6.45) is 3.87. The van der Waals surface area contributed by atoms with E-state index < -0.39 is 11.6 Å². The molecule has 0 aromatic heterocycles. The van der Waals surface area contributed by atoms with Gasteiger partial charge in [-0.1, -0.05) is 13.8 Å². The second-order valence-electron chi connectivity index (χ2n) is 5.25. The summed E-state index contributed by atoms with van der Waals surface area (Å²) in [5.74, 6) is -0.789. The van der Waals surface area contributed by atoms with E-state index in [4.69, 9.17) is 9.94 Å². The molecule has 0 radical (unpaired) electrons. The van der Waals surface area contributed by atoms with E-state index in [9.17, 15) is 4.79 Å². The average molecular weight is 215 g/mol. The van der Waals surface area contributed by atoms with Gasteiger partial charge in [-0.25, -0.2) is 5.48 Å². The number of aliphatic carboxylic acids is 1. The van der Waals surface area contributed by atoms with Gasteiger partial charge in [0, 0.05) is 7.05 Å². The molecule has 1 rings (SSSR count). The molecule has 88 valence electrons. The summed E-state index contributed by atoms with van der Waals surface area (Å²) in [6, 6.07) is 0. The Labute approximate surface area is 91.0 Å². The van der Waals surface area contributed by atoms with E-state index in [1.54, 1.807) is 7.05 Å². The third-order valence-electron chi connectivity index (χ3n) is 3.08. The van der Waals surface area contributed by atoms with Gasteiger partial charge in [0.05, 0.1) is 6.42 Å². The molecule has 1 saturated carbocycles. The van der Waals surface area contributed by atoms with Crippen LogP contribution in [0.5, 0.6) is 0 Å². The smallest absolute Gasteiger partial charge is 0.306 e. The standard InChI is InChI=1S/C11H21NO3/c1-10(2)5-4-6-11(8-10,15-12-3)7-9(13)14/h12H,4-8H2,1-3H3,(H,13,14). The van der Waals surface area contributed by atoms with Crippen LogP contribution in [0, 0.1) is 5.41 Å². The highest BCUT2D eigenvalue weighted by Gasteiger charge is 2.42. The Hall–Kier alpha value is -0.610. The second-order valence-corrected chi connectivity index (χ2v) is 5.25. The van der Waals surface area contributed by atoms with Crippen molar-refractivity contribution in [2.45, 2.75) is 51.6 Å². The van der Waals surface area contributed by atoms with Crippen molar-refractivity contribution in [3.05, 3.63) is 0 Å². The molecule has 0 aromatic carbocycles. The molecular formula is C11H21NO3. The molecule has 4 heteroatoms.